The van der Waals surface area contributed by atoms with Gasteiger partial charge in [0, 0.05) is 11.2 Å². The van der Waals surface area contributed by atoms with Gasteiger partial charge < -0.3 is 0 Å². The third-order valence-electron chi connectivity index (χ3n) is 1.16. The summed E-state index contributed by atoms with van der Waals surface area (Å²) in [5.74, 6) is 0. The van der Waals surface area contributed by atoms with Crippen LogP contribution in [0.2, 0.25) is 0 Å². The topological polar surface area (TPSA) is 103 Å². The third-order valence-corrected chi connectivity index (χ3v) is 2.85. The minimum Gasteiger partial charge on any atom is -0.253 e. The van der Waals surface area contributed by atoms with Gasteiger partial charge in [0.25, 0.3) is 0 Å². The molecule has 0 N–H and O–H groups in total. The van der Waals surface area contributed by atoms with Crippen molar-refractivity contribution in [1.29, 1.82) is 5.26 Å². The fourth-order valence-electron chi connectivity index (χ4n) is 0.668. The number of rotatable bonds is 2. The maximum atomic E-state index is 11.0. The van der Waals surface area contributed by atoms with Crippen LogP contribution in [0.25, 0.3) is 10.4 Å². The van der Waals surface area contributed by atoms with Crippen LogP contribution in [-0.2, 0) is 10.8 Å². The zero-order chi connectivity index (χ0) is 9.84. The highest BCUT2D eigenvalue weighted by Crippen LogP contribution is 2.28. The SMILES string of the molecule is CS(=O)c1nsc(N=[N+]=[N-])c1C#N. The van der Waals surface area contributed by atoms with E-state index in [9.17, 15) is 4.21 Å². The lowest BCUT2D eigenvalue weighted by atomic mass is 10.4. The lowest BCUT2D eigenvalue weighted by molar-refractivity contribution is 0.685. The van der Waals surface area contributed by atoms with Crippen molar-refractivity contribution in [2.24, 2.45) is 5.11 Å². The number of hydrogen-bond donors (Lipinski definition) is 0. The normalized spacial score (nSPS) is 11.4. The predicted molar refractivity (Wildman–Crippen MR) is 48.0 cm³/mol. The Balaban J connectivity index is 3.36. The van der Waals surface area contributed by atoms with Crippen LogP contribution in [0.5, 0.6) is 0 Å². The van der Waals surface area contributed by atoms with Gasteiger partial charge in [-0.1, -0.05) is 0 Å². The van der Waals surface area contributed by atoms with Crippen molar-refractivity contribution in [3.05, 3.63) is 16.0 Å². The van der Waals surface area contributed by atoms with Gasteiger partial charge in [-0.05, 0) is 22.2 Å². The molecule has 0 saturated carbocycles. The van der Waals surface area contributed by atoms with E-state index in [-0.39, 0.29) is 15.6 Å². The molecule has 1 heterocycles. The molecule has 66 valence electrons. The van der Waals surface area contributed by atoms with E-state index in [1.165, 1.54) is 6.26 Å². The van der Waals surface area contributed by atoms with E-state index in [1.807, 2.05) is 0 Å². The lowest BCUT2D eigenvalue weighted by Crippen LogP contribution is -1.89. The molecule has 1 atom stereocenters. The zero-order valence-corrected chi connectivity index (χ0v) is 8.09. The number of hydrogen-bond acceptors (Lipinski definition) is 5. The van der Waals surface area contributed by atoms with E-state index in [4.69, 9.17) is 10.8 Å². The first kappa shape index (κ1) is 9.67. The number of azide groups is 1. The minimum absolute atomic E-state index is 0.101. The largest absolute Gasteiger partial charge is 0.253 e. The van der Waals surface area contributed by atoms with Crippen molar-refractivity contribution in [3.8, 4) is 6.07 Å². The van der Waals surface area contributed by atoms with Crippen LogP contribution in [0.1, 0.15) is 5.56 Å². The van der Waals surface area contributed by atoms with Gasteiger partial charge >= 0.3 is 0 Å². The fraction of sp³-hybridized carbons (Fsp3) is 0.200. The molecule has 0 amide bonds. The monoisotopic (exact) mass is 213 g/mol. The molecule has 0 radical (unpaired) electrons. The highest BCUT2D eigenvalue weighted by Gasteiger charge is 2.14. The average Bonchev–Trinajstić information content (AvgIpc) is 2.48. The lowest BCUT2D eigenvalue weighted by Gasteiger charge is -1.87. The predicted octanol–water partition coefficient (Wildman–Crippen LogP) is 1.69. The Morgan fingerprint density at radius 3 is 3.00 bits per heavy atom. The molecule has 0 aliphatic carbocycles. The first-order chi connectivity index (χ1) is 6.20. The molecule has 6 nitrogen and oxygen atoms in total. The Morgan fingerprint density at radius 1 is 1.85 bits per heavy atom. The molecule has 0 aromatic carbocycles. The summed E-state index contributed by atoms with van der Waals surface area (Å²) in [4.78, 5) is 2.53. The standard InChI is InChI=1S/C5H3N5OS2/c1-13(11)5-3(2-6)4(8-10-7)12-9-5/h1H3. The van der Waals surface area contributed by atoms with Crippen LogP contribution < -0.4 is 0 Å². The van der Waals surface area contributed by atoms with Crippen molar-refractivity contribution in [1.82, 2.24) is 4.37 Å². The van der Waals surface area contributed by atoms with Crippen molar-refractivity contribution in [3.63, 3.8) is 0 Å². The molecule has 0 aliphatic rings. The second-order valence-corrected chi connectivity index (χ2v) is 3.97. The highest BCUT2D eigenvalue weighted by molar-refractivity contribution is 7.84. The van der Waals surface area contributed by atoms with Crippen LogP contribution in [-0.4, -0.2) is 14.8 Å². The molecule has 1 aromatic heterocycles. The van der Waals surface area contributed by atoms with Crippen LogP contribution >= 0.6 is 11.5 Å². The summed E-state index contributed by atoms with van der Waals surface area (Å²) in [6, 6.07) is 1.80. The Morgan fingerprint density at radius 2 is 2.54 bits per heavy atom. The van der Waals surface area contributed by atoms with Crippen molar-refractivity contribution in [2.75, 3.05) is 6.26 Å². The van der Waals surface area contributed by atoms with Gasteiger partial charge in [-0.3, -0.25) is 4.21 Å². The van der Waals surface area contributed by atoms with Gasteiger partial charge in [0.15, 0.2) is 5.03 Å². The van der Waals surface area contributed by atoms with Crippen molar-refractivity contribution < 1.29 is 4.21 Å². The van der Waals surface area contributed by atoms with Gasteiger partial charge in [-0.2, -0.15) is 9.64 Å². The zero-order valence-electron chi connectivity index (χ0n) is 6.46. The molecule has 0 saturated heterocycles. The highest BCUT2D eigenvalue weighted by atomic mass is 32.2. The molecule has 1 unspecified atom stereocenters. The van der Waals surface area contributed by atoms with E-state index in [0.29, 0.717) is 0 Å². The van der Waals surface area contributed by atoms with Gasteiger partial charge in [0.05, 0.1) is 10.8 Å². The smallest absolute Gasteiger partial charge is 0.158 e. The van der Waals surface area contributed by atoms with E-state index >= 15 is 0 Å². The molecule has 1 aromatic rings. The molecular formula is C5H3N5OS2. The van der Waals surface area contributed by atoms with Gasteiger partial charge in [0.2, 0.25) is 0 Å². The maximum absolute atomic E-state index is 11.0. The number of nitrogens with zero attached hydrogens (tertiary/aromatic N) is 5. The quantitative estimate of drug-likeness (QED) is 0.424. The molecule has 0 aliphatic heterocycles. The second-order valence-electron chi connectivity index (χ2n) is 1.92. The first-order valence-electron chi connectivity index (χ1n) is 2.99. The minimum atomic E-state index is -1.33. The second kappa shape index (κ2) is 4.00. The molecule has 8 heteroatoms. The first-order valence-corrected chi connectivity index (χ1v) is 5.32. The summed E-state index contributed by atoms with van der Waals surface area (Å²) in [5.41, 5.74) is 8.24. The molecule has 0 spiro atoms. The molecule has 0 bridgehead atoms. The Hall–Kier alpha value is -1.42. The summed E-state index contributed by atoms with van der Waals surface area (Å²) in [6.45, 7) is 0. The van der Waals surface area contributed by atoms with Crippen molar-refractivity contribution >= 4 is 27.3 Å². The third kappa shape index (κ3) is 1.84. The summed E-state index contributed by atoms with van der Waals surface area (Å²) in [5, 5.41) is 12.3. The summed E-state index contributed by atoms with van der Waals surface area (Å²) >= 11 is 0.868. The van der Waals surface area contributed by atoms with E-state index in [0.717, 1.165) is 11.5 Å². The Bertz CT molecular complexity index is 419. The maximum Gasteiger partial charge on any atom is 0.158 e. The Kier molecular flexibility index (Phi) is 2.97. The van der Waals surface area contributed by atoms with Gasteiger partial charge in [0.1, 0.15) is 16.6 Å². The van der Waals surface area contributed by atoms with Crippen LogP contribution in [0.4, 0.5) is 5.00 Å². The fourth-order valence-corrected chi connectivity index (χ4v) is 2.26. The summed E-state index contributed by atoms with van der Waals surface area (Å²) in [6.07, 6.45) is 1.41. The molecular weight excluding hydrogens is 210 g/mol. The summed E-state index contributed by atoms with van der Waals surface area (Å²) < 4.78 is 14.8. The van der Waals surface area contributed by atoms with Gasteiger partial charge in [-0.15, -0.1) is 0 Å². The molecule has 1 rings (SSSR count). The molecule has 13 heavy (non-hydrogen) atoms. The van der Waals surface area contributed by atoms with Gasteiger partial charge in [-0.25, -0.2) is 0 Å². The number of aromatic nitrogens is 1. The van der Waals surface area contributed by atoms with E-state index in [2.05, 4.69) is 14.4 Å². The molecule has 0 fully saturated rings. The average molecular weight is 213 g/mol. The summed E-state index contributed by atoms with van der Waals surface area (Å²) in [7, 11) is -1.33. The Labute approximate surface area is 80.1 Å². The van der Waals surface area contributed by atoms with Crippen LogP contribution in [0, 0.1) is 11.3 Å². The van der Waals surface area contributed by atoms with E-state index in [1.54, 1.807) is 6.07 Å². The van der Waals surface area contributed by atoms with Crippen molar-refractivity contribution in [2.45, 2.75) is 5.03 Å². The van der Waals surface area contributed by atoms with Crippen LogP contribution in [0.3, 0.4) is 0 Å². The number of nitriles is 1. The van der Waals surface area contributed by atoms with Crippen LogP contribution in [0.15, 0.2) is 10.1 Å². The van der Waals surface area contributed by atoms with E-state index < -0.39 is 10.8 Å².